The van der Waals surface area contributed by atoms with E-state index < -0.39 is 23.6 Å². The lowest BCUT2D eigenvalue weighted by Gasteiger charge is -2.33. The van der Waals surface area contributed by atoms with Crippen LogP contribution in [0.25, 0.3) is 0 Å². The van der Waals surface area contributed by atoms with Crippen molar-refractivity contribution in [3.8, 4) is 0 Å². The second-order valence-electron chi connectivity index (χ2n) is 8.30. The lowest BCUT2D eigenvalue weighted by atomic mass is 9.99. The summed E-state index contributed by atoms with van der Waals surface area (Å²) >= 11 is 0. The first kappa shape index (κ1) is 24.3. The minimum absolute atomic E-state index is 0.0236. The summed E-state index contributed by atoms with van der Waals surface area (Å²) in [5.74, 6) is -0.747. The Kier molecular flexibility index (Phi) is 8.07. The van der Waals surface area contributed by atoms with Gasteiger partial charge in [0, 0.05) is 45.3 Å². The summed E-state index contributed by atoms with van der Waals surface area (Å²) in [5.41, 5.74) is 0.356. The number of nitrogens with zero attached hydrogens (tertiary/aromatic N) is 4. The van der Waals surface area contributed by atoms with Crippen LogP contribution in [0.2, 0.25) is 0 Å². The summed E-state index contributed by atoms with van der Waals surface area (Å²) in [4.78, 5) is 52.7. The van der Waals surface area contributed by atoms with Gasteiger partial charge >= 0.3 is 12.1 Å². The second-order valence-corrected chi connectivity index (χ2v) is 8.30. The number of hydrogen-bond donors (Lipinski definition) is 0. The summed E-state index contributed by atoms with van der Waals surface area (Å²) in [6.07, 6.45) is 1.62. The van der Waals surface area contributed by atoms with Gasteiger partial charge in [-0.25, -0.2) is 9.59 Å². The van der Waals surface area contributed by atoms with Crippen molar-refractivity contribution >= 4 is 29.3 Å². The molecule has 2 heterocycles. The van der Waals surface area contributed by atoms with Crippen LogP contribution >= 0.6 is 0 Å². The number of hydrogen-bond acceptors (Lipinski definition) is 8. The maximum absolute atomic E-state index is 12.5. The van der Waals surface area contributed by atoms with Crippen molar-refractivity contribution in [2.45, 2.75) is 26.7 Å². The number of carbonyl (C=O) groups is 3. The largest absolute Gasteiger partial charge is 0.452 e. The molecule has 11 nitrogen and oxygen atoms in total. The normalized spacial score (nSPS) is 18.6. The second kappa shape index (κ2) is 11.0. The lowest BCUT2D eigenvalue weighted by molar-refractivity contribution is -0.384. The van der Waals surface area contributed by atoms with E-state index in [1.54, 1.807) is 13.0 Å². The highest BCUT2D eigenvalue weighted by atomic mass is 16.6. The molecule has 33 heavy (non-hydrogen) atoms. The van der Waals surface area contributed by atoms with Crippen LogP contribution < -0.4 is 4.90 Å². The van der Waals surface area contributed by atoms with E-state index in [1.165, 1.54) is 21.9 Å². The van der Waals surface area contributed by atoms with Crippen LogP contribution in [0.4, 0.5) is 16.2 Å². The third-order valence-corrected chi connectivity index (χ3v) is 5.89. The lowest BCUT2D eigenvalue weighted by Crippen LogP contribution is -2.51. The molecule has 3 rings (SSSR count). The first-order valence-electron chi connectivity index (χ1n) is 11.2. The van der Waals surface area contributed by atoms with Gasteiger partial charge in [0.2, 0.25) is 0 Å². The van der Waals surface area contributed by atoms with E-state index in [-0.39, 0.29) is 23.8 Å². The number of nitro benzene ring substituents is 1. The Morgan fingerprint density at radius 3 is 2.42 bits per heavy atom. The third kappa shape index (κ3) is 6.11. The van der Waals surface area contributed by atoms with E-state index in [2.05, 4.69) is 6.92 Å². The highest BCUT2D eigenvalue weighted by molar-refractivity contribution is 5.93. The summed E-state index contributed by atoms with van der Waals surface area (Å²) in [5, 5.41) is 11.6. The highest BCUT2D eigenvalue weighted by Crippen LogP contribution is 2.32. The number of esters is 1. The molecule has 2 saturated heterocycles. The number of carbonyl (C=O) groups excluding carboxylic acids is 3. The molecule has 0 N–H and O–H groups in total. The zero-order valence-electron chi connectivity index (χ0n) is 19.0. The van der Waals surface area contributed by atoms with Crippen molar-refractivity contribution in [3.05, 3.63) is 33.9 Å². The Hall–Kier alpha value is -3.37. The van der Waals surface area contributed by atoms with Crippen molar-refractivity contribution in [2.75, 3.05) is 57.4 Å². The molecule has 0 spiro atoms. The van der Waals surface area contributed by atoms with E-state index in [0.29, 0.717) is 37.8 Å². The molecule has 1 atom stereocenters. The maximum atomic E-state index is 12.5. The fraction of sp³-hybridized carbons (Fsp3) is 0.591. The van der Waals surface area contributed by atoms with Crippen LogP contribution in [-0.2, 0) is 14.3 Å². The predicted molar refractivity (Wildman–Crippen MR) is 119 cm³/mol. The van der Waals surface area contributed by atoms with Gasteiger partial charge in [-0.3, -0.25) is 14.9 Å². The van der Waals surface area contributed by atoms with Crippen molar-refractivity contribution in [1.82, 2.24) is 9.80 Å². The number of ether oxygens (including phenoxy) is 2. The quantitative estimate of drug-likeness (QED) is 0.358. The number of rotatable bonds is 6. The Labute approximate surface area is 192 Å². The molecular weight excluding hydrogens is 432 g/mol. The third-order valence-electron chi connectivity index (χ3n) is 5.89. The number of amides is 2. The zero-order valence-corrected chi connectivity index (χ0v) is 19.0. The van der Waals surface area contributed by atoms with Gasteiger partial charge in [-0.1, -0.05) is 6.92 Å². The summed E-state index contributed by atoms with van der Waals surface area (Å²) in [6.45, 7) is 6.38. The summed E-state index contributed by atoms with van der Waals surface area (Å²) < 4.78 is 10.1. The van der Waals surface area contributed by atoms with Gasteiger partial charge in [-0.05, 0) is 37.8 Å². The van der Waals surface area contributed by atoms with Gasteiger partial charge in [0.05, 0.1) is 17.1 Å². The van der Waals surface area contributed by atoms with Crippen molar-refractivity contribution in [2.24, 2.45) is 5.92 Å². The SMILES string of the molecule is CCOC(=O)N1CCN(C(=O)COC(=O)c2ccc(N3CCCC(C)C3)c([N+](=O)[O-])c2)CC1. The maximum Gasteiger partial charge on any atom is 0.409 e. The minimum Gasteiger partial charge on any atom is -0.452 e. The van der Waals surface area contributed by atoms with Gasteiger partial charge < -0.3 is 24.2 Å². The van der Waals surface area contributed by atoms with Crippen LogP contribution in [0.15, 0.2) is 18.2 Å². The standard InChI is InChI=1S/C22H30N4O7/c1-3-32-22(29)24-11-9-23(10-12-24)20(27)15-33-21(28)17-6-7-18(19(13-17)26(30)31)25-8-4-5-16(2)14-25/h6-7,13,16H,3-5,8-12,14-15H2,1-2H3. The molecule has 2 amide bonds. The van der Waals surface area contributed by atoms with Gasteiger partial charge in [0.15, 0.2) is 6.61 Å². The average molecular weight is 463 g/mol. The molecule has 2 fully saturated rings. The van der Waals surface area contributed by atoms with E-state index in [0.717, 1.165) is 25.9 Å². The van der Waals surface area contributed by atoms with Gasteiger partial charge in [0.25, 0.3) is 11.6 Å². The minimum atomic E-state index is -0.796. The first-order valence-corrected chi connectivity index (χ1v) is 11.2. The number of piperazine rings is 1. The number of nitro groups is 1. The van der Waals surface area contributed by atoms with Crippen molar-refractivity contribution in [1.29, 1.82) is 0 Å². The fourth-order valence-electron chi connectivity index (χ4n) is 4.13. The summed E-state index contributed by atoms with van der Waals surface area (Å²) in [7, 11) is 0. The number of benzene rings is 1. The molecule has 1 aromatic rings. The Balaban J connectivity index is 1.57. The van der Waals surface area contributed by atoms with Gasteiger partial charge in [-0.15, -0.1) is 0 Å². The first-order chi connectivity index (χ1) is 15.8. The number of anilines is 1. The van der Waals surface area contributed by atoms with Crippen LogP contribution in [0.3, 0.4) is 0 Å². The van der Waals surface area contributed by atoms with E-state index in [4.69, 9.17) is 9.47 Å². The van der Waals surface area contributed by atoms with Crippen LogP contribution in [-0.4, -0.2) is 85.2 Å². The molecule has 11 heteroatoms. The highest BCUT2D eigenvalue weighted by Gasteiger charge is 2.27. The average Bonchev–Trinajstić information content (AvgIpc) is 2.82. The van der Waals surface area contributed by atoms with E-state index in [1.807, 2.05) is 4.90 Å². The molecule has 0 aliphatic carbocycles. The van der Waals surface area contributed by atoms with Crippen LogP contribution in [0.1, 0.15) is 37.0 Å². The van der Waals surface area contributed by atoms with Gasteiger partial charge in [0.1, 0.15) is 5.69 Å². The molecule has 1 unspecified atom stereocenters. The monoisotopic (exact) mass is 462 g/mol. The van der Waals surface area contributed by atoms with Gasteiger partial charge in [-0.2, -0.15) is 0 Å². The molecule has 180 valence electrons. The molecular formula is C22H30N4O7. The van der Waals surface area contributed by atoms with E-state index >= 15 is 0 Å². The molecule has 0 aromatic heterocycles. The topological polar surface area (TPSA) is 123 Å². The zero-order chi connectivity index (χ0) is 24.0. The molecule has 2 aliphatic rings. The smallest absolute Gasteiger partial charge is 0.409 e. The molecule has 0 saturated carbocycles. The predicted octanol–water partition coefficient (Wildman–Crippen LogP) is 2.29. The molecule has 1 aromatic carbocycles. The molecule has 2 aliphatic heterocycles. The number of piperidine rings is 1. The fourth-order valence-corrected chi connectivity index (χ4v) is 4.13. The van der Waals surface area contributed by atoms with Crippen LogP contribution in [0, 0.1) is 16.0 Å². The molecule has 0 radical (unpaired) electrons. The summed E-state index contributed by atoms with van der Waals surface area (Å²) in [6, 6.07) is 4.27. The van der Waals surface area contributed by atoms with Crippen LogP contribution in [0.5, 0.6) is 0 Å². The molecule has 0 bridgehead atoms. The Bertz CT molecular complexity index is 899. The van der Waals surface area contributed by atoms with Crippen molar-refractivity contribution in [3.63, 3.8) is 0 Å². The van der Waals surface area contributed by atoms with Crippen molar-refractivity contribution < 1.29 is 28.8 Å². The Morgan fingerprint density at radius 1 is 1.09 bits per heavy atom. The van der Waals surface area contributed by atoms with E-state index in [9.17, 15) is 24.5 Å². The Morgan fingerprint density at radius 2 is 1.79 bits per heavy atom.